The number of benzene rings is 2. The molecule has 0 nitrogen and oxygen atoms in total. The first-order chi connectivity index (χ1) is 8.85. The summed E-state index contributed by atoms with van der Waals surface area (Å²) in [5.41, 5.74) is 3.23. The molecule has 0 heteroatoms. The van der Waals surface area contributed by atoms with Crippen molar-refractivity contribution in [3.05, 3.63) is 47.5 Å². The standard InChI is InChI=1S/C19H26/c1-13(2)16-12-11-15-9-7-8-10-17(15)18(16)19(5,6)14(3)4/h7-14H,1-6H3. The zero-order valence-electron chi connectivity index (χ0n) is 13.1. The molecule has 0 bridgehead atoms. The van der Waals surface area contributed by atoms with Crippen LogP contribution in [0.15, 0.2) is 36.4 Å². The van der Waals surface area contributed by atoms with E-state index in [1.807, 2.05) is 0 Å². The van der Waals surface area contributed by atoms with E-state index in [0.29, 0.717) is 11.8 Å². The van der Waals surface area contributed by atoms with Crippen LogP contribution in [0.3, 0.4) is 0 Å². The number of hydrogen-bond acceptors (Lipinski definition) is 0. The zero-order valence-corrected chi connectivity index (χ0v) is 13.1. The summed E-state index contributed by atoms with van der Waals surface area (Å²) < 4.78 is 0. The van der Waals surface area contributed by atoms with E-state index < -0.39 is 0 Å². The average Bonchev–Trinajstić information content (AvgIpc) is 2.36. The molecule has 0 saturated heterocycles. The third-order valence-corrected chi connectivity index (χ3v) is 4.67. The molecule has 102 valence electrons. The predicted octanol–water partition coefficient (Wildman–Crippen LogP) is 5.90. The Labute approximate surface area is 117 Å². The third kappa shape index (κ3) is 2.41. The normalized spacial score (nSPS) is 12.6. The second kappa shape index (κ2) is 5.00. The van der Waals surface area contributed by atoms with Gasteiger partial charge >= 0.3 is 0 Å². The van der Waals surface area contributed by atoms with Gasteiger partial charge in [0.2, 0.25) is 0 Å². The molecule has 0 amide bonds. The van der Waals surface area contributed by atoms with Crippen molar-refractivity contribution in [2.24, 2.45) is 5.92 Å². The van der Waals surface area contributed by atoms with E-state index in [-0.39, 0.29) is 5.41 Å². The van der Waals surface area contributed by atoms with Crippen LogP contribution in [0, 0.1) is 5.92 Å². The molecule has 0 spiro atoms. The van der Waals surface area contributed by atoms with Gasteiger partial charge in [0.1, 0.15) is 0 Å². The summed E-state index contributed by atoms with van der Waals surface area (Å²) in [7, 11) is 0. The van der Waals surface area contributed by atoms with Gasteiger partial charge in [-0.2, -0.15) is 0 Å². The Morgan fingerprint density at radius 2 is 1.47 bits per heavy atom. The molecule has 0 unspecified atom stereocenters. The third-order valence-electron chi connectivity index (χ3n) is 4.67. The Morgan fingerprint density at radius 1 is 0.842 bits per heavy atom. The molecule has 0 N–H and O–H groups in total. The van der Waals surface area contributed by atoms with Gasteiger partial charge in [0, 0.05) is 0 Å². The van der Waals surface area contributed by atoms with Crippen LogP contribution in [0.4, 0.5) is 0 Å². The number of rotatable bonds is 3. The lowest BCUT2D eigenvalue weighted by Crippen LogP contribution is -2.26. The minimum absolute atomic E-state index is 0.195. The van der Waals surface area contributed by atoms with Crippen LogP contribution in [0.1, 0.15) is 58.6 Å². The van der Waals surface area contributed by atoms with Gasteiger partial charge in [-0.15, -0.1) is 0 Å². The molecule has 19 heavy (non-hydrogen) atoms. The summed E-state index contributed by atoms with van der Waals surface area (Å²) in [5.74, 6) is 1.19. The molecule has 0 aliphatic rings. The molecule has 2 aromatic rings. The van der Waals surface area contributed by atoms with Gasteiger partial charge in [-0.3, -0.25) is 0 Å². The summed E-state index contributed by atoms with van der Waals surface area (Å²) in [6.45, 7) is 14.0. The fraction of sp³-hybridized carbons (Fsp3) is 0.474. The first-order valence-electron chi connectivity index (χ1n) is 7.37. The van der Waals surface area contributed by atoms with Crippen LogP contribution >= 0.6 is 0 Å². The van der Waals surface area contributed by atoms with Crippen LogP contribution in [0.25, 0.3) is 10.8 Å². The lowest BCUT2D eigenvalue weighted by atomic mass is 9.70. The first-order valence-corrected chi connectivity index (χ1v) is 7.37. The molecule has 0 fully saturated rings. The van der Waals surface area contributed by atoms with Gasteiger partial charge in [0.15, 0.2) is 0 Å². The fourth-order valence-electron chi connectivity index (χ4n) is 2.78. The van der Waals surface area contributed by atoms with E-state index in [1.165, 1.54) is 21.9 Å². The van der Waals surface area contributed by atoms with E-state index in [2.05, 4.69) is 77.9 Å². The highest BCUT2D eigenvalue weighted by molar-refractivity contribution is 5.88. The second-order valence-corrected chi connectivity index (χ2v) is 6.78. The van der Waals surface area contributed by atoms with Gasteiger partial charge in [0.05, 0.1) is 0 Å². The van der Waals surface area contributed by atoms with Gasteiger partial charge in [-0.05, 0) is 39.2 Å². The van der Waals surface area contributed by atoms with E-state index >= 15 is 0 Å². The van der Waals surface area contributed by atoms with Crippen molar-refractivity contribution in [3.8, 4) is 0 Å². The Morgan fingerprint density at radius 3 is 2.05 bits per heavy atom. The first kappa shape index (κ1) is 14.1. The SMILES string of the molecule is CC(C)c1ccc2ccccc2c1C(C)(C)C(C)C. The van der Waals surface area contributed by atoms with Gasteiger partial charge in [-0.25, -0.2) is 0 Å². The van der Waals surface area contributed by atoms with Crippen molar-refractivity contribution in [3.63, 3.8) is 0 Å². The van der Waals surface area contributed by atoms with Gasteiger partial charge in [0.25, 0.3) is 0 Å². The van der Waals surface area contributed by atoms with E-state index in [4.69, 9.17) is 0 Å². The highest BCUT2D eigenvalue weighted by Gasteiger charge is 2.29. The maximum Gasteiger partial charge on any atom is -0.00716 e. The van der Waals surface area contributed by atoms with E-state index in [0.717, 1.165) is 0 Å². The molecule has 0 aromatic heterocycles. The maximum atomic E-state index is 2.38. The smallest absolute Gasteiger partial charge is 0.00716 e. The zero-order chi connectivity index (χ0) is 14.2. The quantitative estimate of drug-likeness (QED) is 0.640. The van der Waals surface area contributed by atoms with Crippen molar-refractivity contribution in [1.82, 2.24) is 0 Å². The Hall–Kier alpha value is -1.30. The Bertz CT molecular complexity index is 574. The molecule has 0 aliphatic carbocycles. The number of hydrogen-bond donors (Lipinski definition) is 0. The maximum absolute atomic E-state index is 2.38. The van der Waals surface area contributed by atoms with Gasteiger partial charge in [-0.1, -0.05) is 77.9 Å². The van der Waals surface area contributed by atoms with Crippen LogP contribution in [0.5, 0.6) is 0 Å². The highest BCUT2D eigenvalue weighted by Crippen LogP contribution is 2.40. The summed E-state index contributed by atoms with van der Waals surface area (Å²) >= 11 is 0. The van der Waals surface area contributed by atoms with Crippen LogP contribution in [-0.2, 0) is 5.41 Å². The van der Waals surface area contributed by atoms with Crippen LogP contribution in [-0.4, -0.2) is 0 Å². The lowest BCUT2D eigenvalue weighted by molar-refractivity contribution is 0.371. The molecule has 0 heterocycles. The van der Waals surface area contributed by atoms with Crippen molar-refractivity contribution in [2.45, 2.75) is 52.9 Å². The van der Waals surface area contributed by atoms with E-state index in [9.17, 15) is 0 Å². The summed E-state index contributed by atoms with van der Waals surface area (Å²) in [4.78, 5) is 0. The molecule has 0 atom stereocenters. The molecule has 2 aromatic carbocycles. The summed E-state index contributed by atoms with van der Waals surface area (Å²) in [6, 6.07) is 13.4. The summed E-state index contributed by atoms with van der Waals surface area (Å²) in [5, 5.41) is 2.78. The van der Waals surface area contributed by atoms with Crippen LogP contribution in [0.2, 0.25) is 0 Å². The minimum atomic E-state index is 0.195. The van der Waals surface area contributed by atoms with Crippen molar-refractivity contribution in [1.29, 1.82) is 0 Å². The number of fused-ring (bicyclic) bond motifs is 1. The minimum Gasteiger partial charge on any atom is -0.0619 e. The molecule has 0 aliphatic heterocycles. The fourth-order valence-corrected chi connectivity index (χ4v) is 2.78. The monoisotopic (exact) mass is 254 g/mol. The Balaban J connectivity index is 2.84. The molecule has 0 saturated carbocycles. The molecule has 0 radical (unpaired) electrons. The Kier molecular flexibility index (Phi) is 3.71. The van der Waals surface area contributed by atoms with Crippen molar-refractivity contribution < 1.29 is 0 Å². The average molecular weight is 254 g/mol. The van der Waals surface area contributed by atoms with Crippen LogP contribution < -0.4 is 0 Å². The molecular formula is C19H26. The highest BCUT2D eigenvalue weighted by atomic mass is 14.3. The largest absolute Gasteiger partial charge is 0.0619 e. The van der Waals surface area contributed by atoms with Gasteiger partial charge < -0.3 is 0 Å². The van der Waals surface area contributed by atoms with Crippen molar-refractivity contribution >= 4 is 10.8 Å². The second-order valence-electron chi connectivity index (χ2n) is 6.78. The topological polar surface area (TPSA) is 0 Å². The van der Waals surface area contributed by atoms with Crippen molar-refractivity contribution in [2.75, 3.05) is 0 Å². The predicted molar refractivity (Wildman–Crippen MR) is 85.9 cm³/mol. The lowest BCUT2D eigenvalue weighted by Gasteiger charge is -2.34. The summed E-state index contributed by atoms with van der Waals surface area (Å²) in [6.07, 6.45) is 0. The molecule has 2 rings (SSSR count). The van der Waals surface area contributed by atoms with E-state index in [1.54, 1.807) is 0 Å². The molecular weight excluding hydrogens is 228 g/mol.